The Morgan fingerprint density at radius 3 is 2.47 bits per heavy atom. The van der Waals surface area contributed by atoms with Gasteiger partial charge in [-0.2, -0.15) is 0 Å². The third-order valence-corrected chi connectivity index (χ3v) is 2.86. The number of benzene rings is 1. The van der Waals surface area contributed by atoms with Gasteiger partial charge in [0.05, 0.1) is 6.04 Å². The maximum absolute atomic E-state index is 13.8. The summed E-state index contributed by atoms with van der Waals surface area (Å²) in [6.45, 7) is 1.93. The molecule has 3 heteroatoms. The van der Waals surface area contributed by atoms with Gasteiger partial charge in [-0.15, -0.1) is 0 Å². The molecule has 1 N–H and O–H groups in total. The quantitative estimate of drug-likeness (QED) is 0.877. The Bertz CT molecular complexity index is 466. The molecule has 0 bridgehead atoms. The van der Waals surface area contributed by atoms with Gasteiger partial charge < -0.3 is 5.32 Å². The van der Waals surface area contributed by atoms with E-state index in [1.807, 2.05) is 32.2 Å². The molecule has 0 amide bonds. The zero-order valence-corrected chi connectivity index (χ0v) is 9.94. The number of nitrogens with zero attached hydrogens (tertiary/aromatic N) is 1. The van der Waals surface area contributed by atoms with Crippen molar-refractivity contribution in [1.82, 2.24) is 10.3 Å². The molecule has 0 spiro atoms. The topological polar surface area (TPSA) is 24.9 Å². The Balaban J connectivity index is 2.48. The first-order valence-electron chi connectivity index (χ1n) is 5.57. The Hall–Kier alpha value is -1.74. The zero-order chi connectivity index (χ0) is 12.3. The lowest BCUT2D eigenvalue weighted by Crippen LogP contribution is -2.20. The second kappa shape index (κ2) is 5.06. The first-order chi connectivity index (χ1) is 8.24. The van der Waals surface area contributed by atoms with Crippen molar-refractivity contribution in [3.05, 3.63) is 65.2 Å². The highest BCUT2D eigenvalue weighted by Crippen LogP contribution is 2.25. The predicted octanol–water partition coefficient (Wildman–Crippen LogP) is 2.84. The van der Waals surface area contributed by atoms with Gasteiger partial charge in [0.15, 0.2) is 0 Å². The second-order valence-corrected chi connectivity index (χ2v) is 3.92. The Kier molecular flexibility index (Phi) is 3.49. The number of rotatable bonds is 3. The number of hydrogen-bond acceptors (Lipinski definition) is 2. The zero-order valence-electron chi connectivity index (χ0n) is 9.94. The van der Waals surface area contributed by atoms with Crippen LogP contribution in [-0.2, 0) is 0 Å². The number of hydrogen-bond donors (Lipinski definition) is 1. The fraction of sp³-hybridized carbons (Fsp3) is 0.214. The van der Waals surface area contributed by atoms with E-state index in [0.29, 0.717) is 5.56 Å². The van der Waals surface area contributed by atoms with Crippen molar-refractivity contribution in [2.24, 2.45) is 0 Å². The van der Waals surface area contributed by atoms with E-state index in [9.17, 15) is 4.39 Å². The molecule has 88 valence electrons. The van der Waals surface area contributed by atoms with Crippen molar-refractivity contribution in [3.63, 3.8) is 0 Å². The van der Waals surface area contributed by atoms with Crippen LogP contribution in [0.5, 0.6) is 0 Å². The average molecular weight is 230 g/mol. The minimum atomic E-state index is -0.199. The van der Waals surface area contributed by atoms with Crippen molar-refractivity contribution < 1.29 is 4.39 Å². The van der Waals surface area contributed by atoms with Gasteiger partial charge in [-0.3, -0.25) is 4.98 Å². The highest BCUT2D eigenvalue weighted by atomic mass is 19.1. The van der Waals surface area contributed by atoms with Crippen LogP contribution in [-0.4, -0.2) is 12.0 Å². The van der Waals surface area contributed by atoms with E-state index in [1.54, 1.807) is 18.3 Å². The summed E-state index contributed by atoms with van der Waals surface area (Å²) < 4.78 is 13.8. The molecule has 0 saturated carbocycles. The van der Waals surface area contributed by atoms with Crippen LogP contribution in [0.3, 0.4) is 0 Å². The normalized spacial score (nSPS) is 12.4. The number of aryl methyl sites for hydroxylation is 1. The van der Waals surface area contributed by atoms with Gasteiger partial charge in [-0.1, -0.05) is 24.3 Å². The fourth-order valence-corrected chi connectivity index (χ4v) is 1.99. The van der Waals surface area contributed by atoms with Crippen molar-refractivity contribution in [1.29, 1.82) is 0 Å². The summed E-state index contributed by atoms with van der Waals surface area (Å²) in [7, 11) is 1.82. The van der Waals surface area contributed by atoms with Gasteiger partial charge in [0.1, 0.15) is 5.82 Å². The predicted molar refractivity (Wildman–Crippen MR) is 66.3 cm³/mol. The number of aromatic nitrogens is 1. The summed E-state index contributed by atoms with van der Waals surface area (Å²) >= 11 is 0. The Labute approximate surface area is 101 Å². The number of nitrogens with one attached hydrogen (secondary N) is 1. The van der Waals surface area contributed by atoms with Crippen LogP contribution in [0.2, 0.25) is 0 Å². The van der Waals surface area contributed by atoms with Crippen LogP contribution in [0.15, 0.2) is 42.6 Å². The summed E-state index contributed by atoms with van der Waals surface area (Å²) in [4.78, 5) is 4.24. The van der Waals surface area contributed by atoms with Crippen molar-refractivity contribution >= 4 is 0 Å². The van der Waals surface area contributed by atoms with E-state index < -0.39 is 0 Å². The molecule has 1 atom stereocenters. The molecular formula is C14H15FN2. The first kappa shape index (κ1) is 11.7. The van der Waals surface area contributed by atoms with Crippen molar-refractivity contribution in [2.75, 3.05) is 7.05 Å². The van der Waals surface area contributed by atoms with Crippen molar-refractivity contribution in [3.8, 4) is 0 Å². The third kappa shape index (κ3) is 2.34. The molecule has 1 aromatic carbocycles. The molecule has 1 heterocycles. The second-order valence-electron chi connectivity index (χ2n) is 3.92. The summed E-state index contributed by atoms with van der Waals surface area (Å²) in [5, 5.41) is 3.14. The highest BCUT2D eigenvalue weighted by Gasteiger charge is 2.17. The fourth-order valence-electron chi connectivity index (χ4n) is 1.99. The third-order valence-electron chi connectivity index (χ3n) is 2.86. The number of pyridine rings is 1. The average Bonchev–Trinajstić information content (AvgIpc) is 2.34. The largest absolute Gasteiger partial charge is 0.309 e. The molecule has 17 heavy (non-hydrogen) atoms. The lowest BCUT2D eigenvalue weighted by atomic mass is 9.97. The molecular weight excluding hydrogens is 215 g/mol. The van der Waals surface area contributed by atoms with E-state index in [-0.39, 0.29) is 11.9 Å². The molecule has 0 aliphatic rings. The lowest BCUT2D eigenvalue weighted by molar-refractivity contribution is 0.574. The summed E-state index contributed by atoms with van der Waals surface area (Å²) in [5.74, 6) is -0.199. The number of halogens is 1. The Morgan fingerprint density at radius 2 is 1.82 bits per heavy atom. The molecule has 1 aromatic heterocycles. The van der Waals surface area contributed by atoms with Gasteiger partial charge in [0, 0.05) is 17.5 Å². The van der Waals surface area contributed by atoms with E-state index in [1.165, 1.54) is 6.07 Å². The molecule has 2 aromatic rings. The lowest BCUT2D eigenvalue weighted by Gasteiger charge is -2.19. The summed E-state index contributed by atoms with van der Waals surface area (Å²) in [6.07, 6.45) is 1.74. The van der Waals surface area contributed by atoms with Crippen LogP contribution in [0.25, 0.3) is 0 Å². The van der Waals surface area contributed by atoms with Crippen LogP contribution < -0.4 is 5.32 Å². The standard InChI is InChI=1S/C14H15FN2/c1-10-11(7-5-9-17-10)14(16-2)12-6-3-4-8-13(12)15/h3-9,14,16H,1-2H3. The molecule has 0 saturated heterocycles. The van der Waals surface area contributed by atoms with Crippen LogP contribution in [0, 0.1) is 12.7 Å². The maximum atomic E-state index is 13.8. The van der Waals surface area contributed by atoms with Gasteiger partial charge in [0.2, 0.25) is 0 Å². The van der Waals surface area contributed by atoms with E-state index in [0.717, 1.165) is 11.3 Å². The van der Waals surface area contributed by atoms with Crippen LogP contribution in [0.1, 0.15) is 22.9 Å². The van der Waals surface area contributed by atoms with E-state index in [4.69, 9.17) is 0 Å². The summed E-state index contributed by atoms with van der Waals surface area (Å²) in [6, 6.07) is 10.5. The minimum Gasteiger partial charge on any atom is -0.309 e. The Morgan fingerprint density at radius 1 is 1.12 bits per heavy atom. The highest BCUT2D eigenvalue weighted by molar-refractivity contribution is 5.34. The molecule has 1 unspecified atom stereocenters. The maximum Gasteiger partial charge on any atom is 0.128 e. The van der Waals surface area contributed by atoms with Crippen molar-refractivity contribution in [2.45, 2.75) is 13.0 Å². The van der Waals surface area contributed by atoms with Gasteiger partial charge in [-0.25, -0.2) is 4.39 Å². The summed E-state index contributed by atoms with van der Waals surface area (Å²) in [5.41, 5.74) is 2.56. The van der Waals surface area contributed by atoms with Gasteiger partial charge in [-0.05, 0) is 31.7 Å². The molecule has 0 aliphatic heterocycles. The van der Waals surface area contributed by atoms with E-state index in [2.05, 4.69) is 10.3 Å². The molecule has 2 rings (SSSR count). The van der Waals surface area contributed by atoms with Crippen LogP contribution in [0.4, 0.5) is 4.39 Å². The van der Waals surface area contributed by atoms with Gasteiger partial charge >= 0.3 is 0 Å². The molecule has 2 nitrogen and oxygen atoms in total. The smallest absolute Gasteiger partial charge is 0.128 e. The van der Waals surface area contributed by atoms with Gasteiger partial charge in [0.25, 0.3) is 0 Å². The SMILES string of the molecule is CNC(c1ccccc1F)c1cccnc1C. The van der Waals surface area contributed by atoms with Crippen LogP contribution >= 0.6 is 0 Å². The van der Waals surface area contributed by atoms with E-state index >= 15 is 0 Å². The minimum absolute atomic E-state index is 0.162. The molecule has 0 aliphatic carbocycles. The molecule has 0 fully saturated rings. The first-order valence-corrected chi connectivity index (χ1v) is 5.57. The monoisotopic (exact) mass is 230 g/mol. The molecule has 0 radical (unpaired) electrons.